The molecule has 2 amide bonds. The van der Waals surface area contributed by atoms with Crippen LogP contribution in [0.2, 0.25) is 0 Å². The van der Waals surface area contributed by atoms with Crippen LogP contribution >= 0.6 is 0 Å². The normalized spacial score (nSPS) is 12.1. The SMILES string of the molecule is CC(=CS(=O)(=O)NC(=O)Nc1ccccc1)c1ccc(C(C)C)cc1. The van der Waals surface area contributed by atoms with Crippen LogP contribution in [-0.2, 0) is 10.0 Å². The largest absolute Gasteiger partial charge is 0.333 e. The highest BCUT2D eigenvalue weighted by molar-refractivity contribution is 7.93. The van der Waals surface area contributed by atoms with E-state index in [1.165, 1.54) is 5.56 Å². The number of carbonyl (C=O) groups excluding carboxylic acids is 1. The molecule has 5 nitrogen and oxygen atoms in total. The van der Waals surface area contributed by atoms with Gasteiger partial charge in [-0.1, -0.05) is 56.3 Å². The van der Waals surface area contributed by atoms with E-state index in [9.17, 15) is 13.2 Å². The average Bonchev–Trinajstić information content (AvgIpc) is 2.54. The van der Waals surface area contributed by atoms with Gasteiger partial charge in [-0.25, -0.2) is 17.9 Å². The second-order valence-electron chi connectivity index (χ2n) is 6.04. The number of carbonyl (C=O) groups is 1. The average molecular weight is 358 g/mol. The van der Waals surface area contributed by atoms with Gasteiger partial charge < -0.3 is 5.32 Å². The van der Waals surface area contributed by atoms with Crippen LogP contribution in [0.4, 0.5) is 10.5 Å². The van der Waals surface area contributed by atoms with E-state index >= 15 is 0 Å². The van der Waals surface area contributed by atoms with Gasteiger partial charge in [-0.05, 0) is 41.7 Å². The Morgan fingerprint density at radius 3 is 2.16 bits per heavy atom. The molecule has 2 aromatic rings. The van der Waals surface area contributed by atoms with Crippen LogP contribution in [0.3, 0.4) is 0 Å². The molecule has 6 heteroatoms. The molecule has 0 fully saturated rings. The Labute approximate surface area is 148 Å². The predicted octanol–water partition coefficient (Wildman–Crippen LogP) is 4.32. The van der Waals surface area contributed by atoms with Gasteiger partial charge >= 0.3 is 6.03 Å². The summed E-state index contributed by atoms with van der Waals surface area (Å²) in [6.07, 6.45) is 0. The molecule has 0 spiro atoms. The molecule has 0 aliphatic rings. The highest BCUT2D eigenvalue weighted by Crippen LogP contribution is 2.19. The van der Waals surface area contributed by atoms with Crippen molar-refractivity contribution in [1.82, 2.24) is 4.72 Å². The summed E-state index contributed by atoms with van der Waals surface area (Å²) in [6.45, 7) is 5.88. The third-order valence-corrected chi connectivity index (χ3v) is 4.77. The van der Waals surface area contributed by atoms with Gasteiger partial charge in [0, 0.05) is 5.69 Å². The molecule has 0 saturated carbocycles. The van der Waals surface area contributed by atoms with E-state index in [0.29, 0.717) is 17.2 Å². The minimum Gasteiger partial charge on any atom is -0.307 e. The van der Waals surface area contributed by atoms with Gasteiger partial charge in [0.25, 0.3) is 10.0 Å². The molecule has 0 aromatic heterocycles. The number of allylic oxidation sites excluding steroid dienone is 1. The number of amides is 2. The summed E-state index contributed by atoms with van der Waals surface area (Å²) >= 11 is 0. The van der Waals surface area contributed by atoms with Gasteiger partial charge in [-0.15, -0.1) is 0 Å². The van der Waals surface area contributed by atoms with E-state index in [4.69, 9.17) is 0 Å². The first-order chi connectivity index (χ1) is 11.8. The van der Waals surface area contributed by atoms with Crippen molar-refractivity contribution in [3.8, 4) is 0 Å². The lowest BCUT2D eigenvalue weighted by atomic mass is 10.00. The van der Waals surface area contributed by atoms with Crippen molar-refractivity contribution in [2.75, 3.05) is 5.32 Å². The van der Waals surface area contributed by atoms with Gasteiger partial charge in [0.2, 0.25) is 0 Å². The summed E-state index contributed by atoms with van der Waals surface area (Å²) < 4.78 is 26.3. The molecule has 0 unspecified atom stereocenters. The first-order valence-corrected chi connectivity index (χ1v) is 9.49. The van der Waals surface area contributed by atoms with Gasteiger partial charge in [0.05, 0.1) is 5.41 Å². The molecule has 0 radical (unpaired) electrons. The van der Waals surface area contributed by atoms with Crippen molar-refractivity contribution in [1.29, 1.82) is 0 Å². The van der Waals surface area contributed by atoms with Gasteiger partial charge in [-0.2, -0.15) is 0 Å². The molecule has 0 saturated heterocycles. The van der Waals surface area contributed by atoms with Crippen LogP contribution in [0.5, 0.6) is 0 Å². The molecule has 2 aromatic carbocycles. The maximum absolute atomic E-state index is 12.1. The monoisotopic (exact) mass is 358 g/mol. The standard InChI is InChI=1S/C19H22N2O3S/c1-14(2)16-9-11-17(12-10-16)15(3)13-25(23,24)21-19(22)20-18-7-5-4-6-8-18/h4-14H,1-3H3,(H2,20,21,22). The number of urea groups is 1. The summed E-state index contributed by atoms with van der Waals surface area (Å²) in [6, 6.07) is 15.5. The fourth-order valence-electron chi connectivity index (χ4n) is 2.27. The topological polar surface area (TPSA) is 75.3 Å². The Morgan fingerprint density at radius 2 is 1.60 bits per heavy atom. The van der Waals surface area contributed by atoms with Crippen LogP contribution < -0.4 is 10.0 Å². The molecule has 0 atom stereocenters. The molecule has 132 valence electrons. The fourth-order valence-corrected chi connectivity index (χ4v) is 3.24. The lowest BCUT2D eigenvalue weighted by Gasteiger charge is -2.09. The summed E-state index contributed by atoms with van der Waals surface area (Å²) in [5, 5.41) is 3.53. The van der Waals surface area contributed by atoms with Crippen LogP contribution in [0.25, 0.3) is 5.57 Å². The van der Waals surface area contributed by atoms with Gasteiger partial charge in [-0.3, -0.25) is 0 Å². The van der Waals surface area contributed by atoms with Gasteiger partial charge in [0.1, 0.15) is 0 Å². The van der Waals surface area contributed by atoms with E-state index in [2.05, 4.69) is 19.2 Å². The summed E-state index contributed by atoms with van der Waals surface area (Å²) in [5.41, 5.74) is 3.04. The number of hydrogen-bond donors (Lipinski definition) is 2. The number of para-hydroxylation sites is 1. The molecule has 0 heterocycles. The molecule has 0 aliphatic carbocycles. The summed E-state index contributed by atoms with van der Waals surface area (Å²) in [5.74, 6) is 0.408. The maximum atomic E-state index is 12.1. The lowest BCUT2D eigenvalue weighted by Crippen LogP contribution is -2.33. The zero-order valence-electron chi connectivity index (χ0n) is 14.5. The number of hydrogen-bond acceptors (Lipinski definition) is 3. The smallest absolute Gasteiger partial charge is 0.307 e. The van der Waals surface area contributed by atoms with Crippen LogP contribution in [0, 0.1) is 0 Å². The van der Waals surface area contributed by atoms with Crippen LogP contribution in [0.15, 0.2) is 60.0 Å². The number of nitrogens with one attached hydrogen (secondary N) is 2. The van der Waals surface area contributed by atoms with Crippen molar-refractivity contribution >= 4 is 27.3 Å². The Bertz CT molecular complexity index is 855. The van der Waals surface area contributed by atoms with E-state index in [-0.39, 0.29) is 0 Å². The lowest BCUT2D eigenvalue weighted by molar-refractivity contribution is 0.256. The van der Waals surface area contributed by atoms with E-state index in [1.807, 2.05) is 29.0 Å². The first-order valence-electron chi connectivity index (χ1n) is 7.94. The number of benzene rings is 2. The first kappa shape index (κ1) is 18.7. The fraction of sp³-hybridized carbons (Fsp3) is 0.211. The predicted molar refractivity (Wildman–Crippen MR) is 102 cm³/mol. The van der Waals surface area contributed by atoms with E-state index in [0.717, 1.165) is 11.0 Å². The minimum absolute atomic E-state index is 0.408. The molecule has 0 bridgehead atoms. The Morgan fingerprint density at radius 1 is 1.00 bits per heavy atom. The summed E-state index contributed by atoms with van der Waals surface area (Å²) in [4.78, 5) is 11.8. The van der Waals surface area contributed by atoms with Crippen molar-refractivity contribution in [3.63, 3.8) is 0 Å². The third-order valence-electron chi connectivity index (χ3n) is 3.63. The number of anilines is 1. The Kier molecular flexibility index (Phi) is 5.98. The molecule has 2 N–H and O–H groups in total. The zero-order chi connectivity index (χ0) is 18.4. The highest BCUT2D eigenvalue weighted by atomic mass is 32.2. The van der Waals surface area contributed by atoms with Gasteiger partial charge in [0.15, 0.2) is 0 Å². The zero-order valence-corrected chi connectivity index (χ0v) is 15.3. The van der Waals surface area contributed by atoms with Crippen molar-refractivity contribution in [2.45, 2.75) is 26.7 Å². The van der Waals surface area contributed by atoms with Crippen LogP contribution in [0.1, 0.15) is 37.8 Å². The minimum atomic E-state index is -3.90. The van der Waals surface area contributed by atoms with Crippen molar-refractivity contribution in [2.24, 2.45) is 0 Å². The van der Waals surface area contributed by atoms with Crippen molar-refractivity contribution < 1.29 is 13.2 Å². The second-order valence-corrected chi connectivity index (χ2v) is 7.57. The number of rotatable bonds is 5. The molecular weight excluding hydrogens is 336 g/mol. The maximum Gasteiger partial charge on any atom is 0.333 e. The molecular formula is C19H22N2O3S. The molecule has 2 rings (SSSR count). The Hall–Kier alpha value is -2.60. The second kappa shape index (κ2) is 7.98. The number of sulfonamides is 1. The quantitative estimate of drug-likeness (QED) is 0.836. The Balaban J connectivity index is 2.07. The third kappa shape index (κ3) is 5.76. The van der Waals surface area contributed by atoms with Crippen LogP contribution in [-0.4, -0.2) is 14.4 Å². The summed E-state index contributed by atoms with van der Waals surface area (Å²) in [7, 11) is -3.90. The molecule has 25 heavy (non-hydrogen) atoms. The molecule has 0 aliphatic heterocycles. The highest BCUT2D eigenvalue weighted by Gasteiger charge is 2.13. The van der Waals surface area contributed by atoms with Crippen molar-refractivity contribution in [3.05, 3.63) is 71.1 Å². The van der Waals surface area contributed by atoms with E-state index < -0.39 is 16.1 Å². The van der Waals surface area contributed by atoms with E-state index in [1.54, 1.807) is 37.3 Å².